The predicted molar refractivity (Wildman–Crippen MR) is 118 cm³/mol. The molecule has 0 aromatic heterocycles. The SMILES string of the molecule is CCN(CC)c1ccc(NC(=O)[C@@H]2C(=O)N[C@@]3(C)C[C@H]2c2ccccc2O3)c(C)c1. The molecule has 1 saturated heterocycles. The Morgan fingerprint density at radius 1 is 1.23 bits per heavy atom. The van der Waals surface area contributed by atoms with Crippen LogP contribution in [0.2, 0.25) is 0 Å². The molecule has 0 saturated carbocycles. The van der Waals surface area contributed by atoms with Crippen LogP contribution in [0.25, 0.3) is 0 Å². The van der Waals surface area contributed by atoms with Crippen LogP contribution in [-0.4, -0.2) is 30.6 Å². The monoisotopic (exact) mass is 407 g/mol. The van der Waals surface area contributed by atoms with Crippen molar-refractivity contribution in [3.8, 4) is 5.75 Å². The molecule has 158 valence electrons. The van der Waals surface area contributed by atoms with Crippen molar-refractivity contribution in [1.29, 1.82) is 0 Å². The lowest BCUT2D eigenvalue weighted by Gasteiger charge is -2.46. The Labute approximate surface area is 177 Å². The number of fused-ring (bicyclic) bond motifs is 4. The van der Waals surface area contributed by atoms with Crippen LogP contribution in [0.3, 0.4) is 0 Å². The molecule has 0 aliphatic carbocycles. The fraction of sp³-hybridized carbons (Fsp3) is 0.417. The summed E-state index contributed by atoms with van der Waals surface area (Å²) in [5.74, 6) is -0.865. The number of para-hydroxylation sites is 1. The summed E-state index contributed by atoms with van der Waals surface area (Å²) in [5.41, 5.74) is 2.96. The first-order valence-electron chi connectivity index (χ1n) is 10.6. The third kappa shape index (κ3) is 3.51. The summed E-state index contributed by atoms with van der Waals surface area (Å²) < 4.78 is 6.01. The number of anilines is 2. The molecule has 0 radical (unpaired) electrons. The Morgan fingerprint density at radius 2 is 1.97 bits per heavy atom. The van der Waals surface area contributed by atoms with E-state index in [-0.39, 0.29) is 17.7 Å². The minimum atomic E-state index is -0.801. The van der Waals surface area contributed by atoms with Gasteiger partial charge in [-0.25, -0.2) is 0 Å². The maximum Gasteiger partial charge on any atom is 0.237 e. The molecule has 2 amide bonds. The summed E-state index contributed by atoms with van der Waals surface area (Å²) in [6, 6.07) is 13.7. The number of rotatable bonds is 5. The number of hydrogen-bond donors (Lipinski definition) is 2. The van der Waals surface area contributed by atoms with Crippen LogP contribution in [0.1, 0.15) is 44.2 Å². The summed E-state index contributed by atoms with van der Waals surface area (Å²) in [6.07, 6.45) is 0.563. The van der Waals surface area contributed by atoms with Crippen LogP contribution >= 0.6 is 0 Å². The minimum absolute atomic E-state index is 0.219. The molecule has 6 nitrogen and oxygen atoms in total. The van der Waals surface area contributed by atoms with Crippen LogP contribution in [0.15, 0.2) is 42.5 Å². The number of benzene rings is 2. The van der Waals surface area contributed by atoms with E-state index in [2.05, 4.69) is 35.4 Å². The van der Waals surface area contributed by atoms with E-state index < -0.39 is 11.6 Å². The lowest BCUT2D eigenvalue weighted by atomic mass is 9.74. The molecule has 2 aromatic rings. The number of ether oxygens (including phenoxy) is 1. The van der Waals surface area contributed by atoms with Gasteiger partial charge in [-0.15, -0.1) is 0 Å². The Bertz CT molecular complexity index is 985. The van der Waals surface area contributed by atoms with Crippen LogP contribution in [0.4, 0.5) is 11.4 Å². The van der Waals surface area contributed by atoms with E-state index in [1.54, 1.807) is 0 Å². The largest absolute Gasteiger partial charge is 0.468 e. The maximum absolute atomic E-state index is 13.3. The highest BCUT2D eigenvalue weighted by atomic mass is 16.5. The van der Waals surface area contributed by atoms with Crippen LogP contribution in [-0.2, 0) is 9.59 Å². The Morgan fingerprint density at radius 3 is 2.67 bits per heavy atom. The Hall–Kier alpha value is -3.02. The Kier molecular flexibility index (Phi) is 5.18. The third-order valence-electron chi connectivity index (χ3n) is 6.21. The summed E-state index contributed by atoms with van der Waals surface area (Å²) in [7, 11) is 0. The van der Waals surface area contributed by atoms with E-state index in [0.29, 0.717) is 6.42 Å². The molecule has 0 unspecified atom stereocenters. The zero-order valence-corrected chi connectivity index (χ0v) is 18.0. The molecule has 2 bridgehead atoms. The lowest BCUT2D eigenvalue weighted by molar-refractivity contribution is -0.145. The molecule has 1 fully saturated rings. The van der Waals surface area contributed by atoms with Gasteiger partial charge in [-0.05, 0) is 63.1 Å². The first-order valence-corrected chi connectivity index (χ1v) is 10.6. The molecule has 2 heterocycles. The van der Waals surface area contributed by atoms with Crippen molar-refractivity contribution in [3.63, 3.8) is 0 Å². The van der Waals surface area contributed by atoms with E-state index >= 15 is 0 Å². The smallest absolute Gasteiger partial charge is 0.237 e. The van der Waals surface area contributed by atoms with Crippen molar-refractivity contribution in [3.05, 3.63) is 53.6 Å². The van der Waals surface area contributed by atoms with E-state index in [4.69, 9.17) is 4.74 Å². The molecule has 0 spiro atoms. The molecule has 3 atom stereocenters. The van der Waals surface area contributed by atoms with Crippen LogP contribution in [0.5, 0.6) is 5.75 Å². The highest BCUT2D eigenvalue weighted by Crippen LogP contribution is 2.46. The molecule has 2 aromatic carbocycles. The molecule has 6 heteroatoms. The third-order valence-corrected chi connectivity index (χ3v) is 6.21. The number of amides is 2. The van der Waals surface area contributed by atoms with Crippen molar-refractivity contribution in [2.24, 2.45) is 5.92 Å². The van der Waals surface area contributed by atoms with Crippen molar-refractivity contribution >= 4 is 23.2 Å². The topological polar surface area (TPSA) is 70.7 Å². The van der Waals surface area contributed by atoms with Gasteiger partial charge in [0.25, 0.3) is 0 Å². The van der Waals surface area contributed by atoms with Crippen LogP contribution in [0, 0.1) is 12.8 Å². The number of carbonyl (C=O) groups excluding carboxylic acids is 2. The highest BCUT2D eigenvalue weighted by Gasteiger charge is 2.51. The fourth-order valence-electron chi connectivity index (χ4n) is 4.67. The van der Waals surface area contributed by atoms with E-state index in [1.807, 2.05) is 50.2 Å². The molecular formula is C24H29N3O3. The van der Waals surface area contributed by atoms with Gasteiger partial charge in [0.2, 0.25) is 11.8 Å². The van der Waals surface area contributed by atoms with Gasteiger partial charge in [0, 0.05) is 36.8 Å². The summed E-state index contributed by atoms with van der Waals surface area (Å²) >= 11 is 0. The molecular weight excluding hydrogens is 378 g/mol. The summed E-state index contributed by atoms with van der Waals surface area (Å²) in [6.45, 7) is 9.92. The van der Waals surface area contributed by atoms with Crippen molar-refractivity contribution in [2.45, 2.75) is 45.8 Å². The van der Waals surface area contributed by atoms with Gasteiger partial charge in [0.05, 0.1) is 0 Å². The zero-order chi connectivity index (χ0) is 21.5. The normalized spacial score (nSPS) is 24.3. The summed E-state index contributed by atoms with van der Waals surface area (Å²) in [5, 5.41) is 5.91. The molecule has 2 aliphatic heterocycles. The van der Waals surface area contributed by atoms with Crippen molar-refractivity contribution < 1.29 is 14.3 Å². The van der Waals surface area contributed by atoms with Crippen LogP contribution < -0.4 is 20.3 Å². The molecule has 2 N–H and O–H groups in total. The molecule has 30 heavy (non-hydrogen) atoms. The van der Waals surface area contributed by atoms with Crippen molar-refractivity contribution in [1.82, 2.24) is 5.32 Å². The second-order valence-corrected chi connectivity index (χ2v) is 8.31. The molecule has 4 rings (SSSR count). The number of carbonyl (C=O) groups is 2. The van der Waals surface area contributed by atoms with Gasteiger partial charge in [-0.2, -0.15) is 0 Å². The van der Waals surface area contributed by atoms with Gasteiger partial charge < -0.3 is 20.3 Å². The van der Waals surface area contributed by atoms with E-state index in [1.165, 1.54) is 0 Å². The lowest BCUT2D eigenvalue weighted by Crippen LogP contribution is -2.62. The second-order valence-electron chi connectivity index (χ2n) is 8.31. The number of aryl methyl sites for hydroxylation is 1. The first-order chi connectivity index (χ1) is 14.3. The average Bonchev–Trinajstić information content (AvgIpc) is 2.70. The van der Waals surface area contributed by atoms with Gasteiger partial charge in [0.1, 0.15) is 11.7 Å². The highest BCUT2D eigenvalue weighted by molar-refractivity contribution is 6.08. The standard InChI is InChI=1S/C24H29N3O3/c1-5-27(6-2)16-11-12-19(15(3)13-16)25-22(28)21-18-14-24(4,26-23(21)29)30-20-10-8-7-9-17(18)20/h7-13,18,21H,5-6,14H2,1-4H3,(H,25,28)(H,26,29)/t18-,21+,24+/m0/s1. The minimum Gasteiger partial charge on any atom is -0.468 e. The summed E-state index contributed by atoms with van der Waals surface area (Å²) in [4.78, 5) is 28.4. The van der Waals surface area contributed by atoms with Gasteiger partial charge >= 0.3 is 0 Å². The quantitative estimate of drug-likeness (QED) is 0.740. The molecule has 2 aliphatic rings. The van der Waals surface area contributed by atoms with E-state index in [9.17, 15) is 9.59 Å². The van der Waals surface area contributed by atoms with Gasteiger partial charge in [-0.1, -0.05) is 18.2 Å². The number of nitrogens with one attached hydrogen (secondary N) is 2. The second kappa shape index (κ2) is 7.67. The number of nitrogens with zero attached hydrogens (tertiary/aromatic N) is 1. The van der Waals surface area contributed by atoms with Crippen molar-refractivity contribution in [2.75, 3.05) is 23.3 Å². The number of piperidine rings is 1. The van der Waals surface area contributed by atoms with Gasteiger partial charge in [-0.3, -0.25) is 9.59 Å². The fourth-order valence-corrected chi connectivity index (χ4v) is 4.67. The van der Waals surface area contributed by atoms with E-state index in [0.717, 1.165) is 41.3 Å². The maximum atomic E-state index is 13.3. The first kappa shape index (κ1) is 20.3. The zero-order valence-electron chi connectivity index (χ0n) is 18.0. The number of hydrogen-bond acceptors (Lipinski definition) is 4. The van der Waals surface area contributed by atoms with Gasteiger partial charge in [0.15, 0.2) is 5.72 Å². The average molecular weight is 408 g/mol. The Balaban J connectivity index is 1.60. The predicted octanol–water partition coefficient (Wildman–Crippen LogP) is 3.81.